The van der Waals surface area contributed by atoms with Gasteiger partial charge in [-0.1, -0.05) is 0 Å². The van der Waals surface area contributed by atoms with Crippen molar-refractivity contribution >= 4 is 11.9 Å². The fourth-order valence-electron chi connectivity index (χ4n) is 1.53. The van der Waals surface area contributed by atoms with Crippen LogP contribution in [0.3, 0.4) is 0 Å². The summed E-state index contributed by atoms with van der Waals surface area (Å²) in [5.41, 5.74) is 6.53. The van der Waals surface area contributed by atoms with E-state index in [4.69, 9.17) is 5.73 Å². The first-order chi connectivity index (χ1) is 8.61. The predicted molar refractivity (Wildman–Crippen MR) is 78.9 cm³/mol. The minimum Gasteiger partial charge on any atom is -0.390 e. The van der Waals surface area contributed by atoms with Gasteiger partial charge in [-0.2, -0.15) is 0 Å². The Morgan fingerprint density at radius 1 is 1.44 bits per heavy atom. The molecule has 1 aliphatic carbocycles. The molecular weight excluding hydrogens is 246 g/mol. The van der Waals surface area contributed by atoms with E-state index in [2.05, 4.69) is 29.1 Å². The molecule has 1 atom stereocenters. The molecule has 1 saturated carbocycles. The Kier molecular flexibility index (Phi) is 7.42. The number of aliphatic hydroxyl groups is 1. The molecule has 0 spiro atoms. The molecule has 0 bridgehead atoms. The van der Waals surface area contributed by atoms with Crippen LogP contribution < -0.4 is 15.8 Å². The minimum absolute atomic E-state index is 0.292. The van der Waals surface area contributed by atoms with Gasteiger partial charge in [-0.25, -0.2) is 0 Å². The van der Waals surface area contributed by atoms with Crippen LogP contribution in [0.4, 0.5) is 0 Å². The van der Waals surface area contributed by atoms with Crippen LogP contribution in [-0.4, -0.2) is 30.3 Å². The van der Waals surface area contributed by atoms with E-state index >= 15 is 0 Å². The van der Waals surface area contributed by atoms with Gasteiger partial charge >= 0.3 is 0 Å². The van der Waals surface area contributed by atoms with E-state index in [1.54, 1.807) is 0 Å². The van der Waals surface area contributed by atoms with Crippen LogP contribution in [0.15, 0.2) is 22.8 Å². The topological polar surface area (TPSA) is 70.3 Å². The summed E-state index contributed by atoms with van der Waals surface area (Å²) in [6.07, 6.45) is 7.64. The monoisotopic (exact) mass is 271 g/mol. The summed E-state index contributed by atoms with van der Waals surface area (Å²) in [6.45, 7) is 4.94. The van der Waals surface area contributed by atoms with E-state index in [0.717, 1.165) is 4.91 Å². The third-order valence-corrected chi connectivity index (χ3v) is 3.70. The molecule has 1 fully saturated rings. The number of hydrogen-bond acceptors (Lipinski definition) is 5. The maximum absolute atomic E-state index is 9.28. The molecule has 0 aromatic rings. The lowest BCUT2D eigenvalue weighted by atomic mass is 9.93. The average molecular weight is 271 g/mol. The largest absolute Gasteiger partial charge is 0.390 e. The van der Waals surface area contributed by atoms with Crippen LogP contribution in [0.5, 0.6) is 0 Å². The maximum Gasteiger partial charge on any atom is 0.0796 e. The lowest BCUT2D eigenvalue weighted by Crippen LogP contribution is -2.33. The Balaban J connectivity index is 2.20. The zero-order valence-corrected chi connectivity index (χ0v) is 12.1. The smallest absolute Gasteiger partial charge is 0.0796 e. The van der Waals surface area contributed by atoms with Crippen LogP contribution in [0.25, 0.3) is 0 Å². The van der Waals surface area contributed by atoms with Crippen LogP contribution in [0.1, 0.15) is 33.1 Å². The van der Waals surface area contributed by atoms with Crippen molar-refractivity contribution in [3.05, 3.63) is 22.8 Å². The molecule has 0 amide bonds. The summed E-state index contributed by atoms with van der Waals surface area (Å²) >= 11 is 1.52. The summed E-state index contributed by atoms with van der Waals surface area (Å²) in [7, 11) is 0. The minimum atomic E-state index is -0.470. The number of aliphatic hydroxyl groups excluding tert-OH is 1. The summed E-state index contributed by atoms with van der Waals surface area (Å²) in [6, 6.07) is 0.681. The Morgan fingerprint density at radius 3 is 2.72 bits per heavy atom. The van der Waals surface area contributed by atoms with Crippen LogP contribution in [0, 0.1) is 0 Å². The van der Waals surface area contributed by atoms with Gasteiger partial charge in [-0.05, 0) is 62.1 Å². The molecule has 104 valence electrons. The van der Waals surface area contributed by atoms with Gasteiger partial charge in [0.15, 0.2) is 0 Å². The van der Waals surface area contributed by atoms with E-state index in [1.807, 2.05) is 6.92 Å². The third kappa shape index (κ3) is 6.44. The van der Waals surface area contributed by atoms with Crippen LogP contribution in [0.2, 0.25) is 0 Å². The average Bonchev–Trinajstić information content (AvgIpc) is 2.31. The van der Waals surface area contributed by atoms with Crippen molar-refractivity contribution in [2.24, 2.45) is 5.73 Å². The molecular formula is C13H25N3OS. The zero-order valence-electron chi connectivity index (χ0n) is 11.3. The van der Waals surface area contributed by atoms with E-state index in [-0.39, 0.29) is 0 Å². The van der Waals surface area contributed by atoms with E-state index < -0.39 is 6.10 Å². The highest BCUT2D eigenvalue weighted by atomic mass is 32.2. The first kappa shape index (κ1) is 15.6. The first-order valence-electron chi connectivity index (χ1n) is 6.51. The normalized spacial score (nSPS) is 19.6. The van der Waals surface area contributed by atoms with Gasteiger partial charge in [0.2, 0.25) is 0 Å². The van der Waals surface area contributed by atoms with Crippen molar-refractivity contribution in [3.63, 3.8) is 0 Å². The van der Waals surface area contributed by atoms with Gasteiger partial charge in [0.25, 0.3) is 0 Å². The molecule has 0 aromatic heterocycles. The van der Waals surface area contributed by atoms with Crippen molar-refractivity contribution in [1.29, 1.82) is 0 Å². The Morgan fingerprint density at radius 2 is 2.17 bits per heavy atom. The highest BCUT2D eigenvalue weighted by Gasteiger charge is 2.15. The summed E-state index contributed by atoms with van der Waals surface area (Å²) in [5, 5.41) is 12.8. The van der Waals surface area contributed by atoms with Gasteiger partial charge in [-0.3, -0.25) is 4.72 Å². The molecule has 5 N–H and O–H groups in total. The molecule has 1 aliphatic rings. The number of allylic oxidation sites excluding steroid dienone is 4. The summed E-state index contributed by atoms with van der Waals surface area (Å²) in [4.78, 5) is 1.16. The van der Waals surface area contributed by atoms with Crippen molar-refractivity contribution in [1.82, 2.24) is 10.0 Å². The standard InChI is InChI=1S/C13H25N3OS/c1-10(16-12-4-3-5-12)6-7-11(2)18-15-9-13(17)8-14/h6-7,12-13,15-17H,3-5,8-9,14H2,1-2H3/b10-6+,11-7+. The molecule has 18 heavy (non-hydrogen) atoms. The molecule has 4 nitrogen and oxygen atoms in total. The number of nitrogens with one attached hydrogen (secondary N) is 2. The SMILES string of the molecule is C/C(=C\C=C(/C)SNCC(O)CN)NC1CCC1. The fraction of sp³-hybridized carbons (Fsp3) is 0.692. The Labute approximate surface area is 114 Å². The molecule has 0 radical (unpaired) electrons. The third-order valence-electron chi connectivity index (χ3n) is 2.93. The second kappa shape index (κ2) is 8.58. The van der Waals surface area contributed by atoms with E-state index in [0.29, 0.717) is 19.1 Å². The van der Waals surface area contributed by atoms with Crippen molar-refractivity contribution in [2.75, 3.05) is 13.1 Å². The second-order valence-electron chi connectivity index (χ2n) is 4.74. The first-order valence-corrected chi connectivity index (χ1v) is 7.33. The van der Waals surface area contributed by atoms with Gasteiger partial charge < -0.3 is 16.2 Å². The lowest BCUT2D eigenvalue weighted by molar-refractivity contribution is 0.188. The molecule has 1 rings (SSSR count). The number of rotatable bonds is 8. The molecule has 0 aromatic carbocycles. The van der Waals surface area contributed by atoms with Gasteiger partial charge in [0.1, 0.15) is 0 Å². The van der Waals surface area contributed by atoms with Crippen molar-refractivity contribution < 1.29 is 5.11 Å². The lowest BCUT2D eigenvalue weighted by Gasteiger charge is -2.27. The molecule has 0 heterocycles. The van der Waals surface area contributed by atoms with Crippen molar-refractivity contribution in [3.8, 4) is 0 Å². The van der Waals surface area contributed by atoms with Crippen LogP contribution >= 0.6 is 11.9 Å². The van der Waals surface area contributed by atoms with Gasteiger partial charge in [0.05, 0.1) is 6.10 Å². The summed E-state index contributed by atoms with van der Waals surface area (Å²) in [5.74, 6) is 0. The highest BCUT2D eigenvalue weighted by molar-refractivity contribution is 8.01. The molecule has 0 aliphatic heterocycles. The Bertz CT molecular complexity index is 301. The highest BCUT2D eigenvalue weighted by Crippen LogP contribution is 2.19. The van der Waals surface area contributed by atoms with Crippen molar-refractivity contribution in [2.45, 2.75) is 45.3 Å². The van der Waals surface area contributed by atoms with Gasteiger partial charge in [-0.15, -0.1) is 0 Å². The Hall–Kier alpha value is -0.490. The maximum atomic E-state index is 9.28. The predicted octanol–water partition coefficient (Wildman–Crippen LogP) is 1.49. The van der Waals surface area contributed by atoms with E-state index in [1.165, 1.54) is 36.9 Å². The van der Waals surface area contributed by atoms with E-state index in [9.17, 15) is 5.11 Å². The zero-order chi connectivity index (χ0) is 13.4. The van der Waals surface area contributed by atoms with Crippen LogP contribution in [-0.2, 0) is 0 Å². The second-order valence-corrected chi connectivity index (χ2v) is 5.88. The quantitative estimate of drug-likeness (QED) is 0.398. The number of nitrogens with two attached hydrogens (primary N) is 1. The fourth-order valence-corrected chi connectivity index (χ4v) is 2.17. The molecule has 0 saturated heterocycles. The molecule has 5 heteroatoms. The van der Waals surface area contributed by atoms with Gasteiger partial charge in [0, 0.05) is 24.8 Å². The number of hydrogen-bond donors (Lipinski definition) is 4. The molecule has 1 unspecified atom stereocenters. The summed E-state index contributed by atoms with van der Waals surface area (Å²) < 4.78 is 3.09.